The van der Waals surface area contributed by atoms with Crippen molar-refractivity contribution in [3.63, 3.8) is 0 Å². The van der Waals surface area contributed by atoms with Gasteiger partial charge in [0.25, 0.3) is 5.95 Å². The van der Waals surface area contributed by atoms with Crippen LogP contribution in [-0.2, 0) is 13.0 Å². The second kappa shape index (κ2) is 6.84. The number of benzene rings is 2. The Morgan fingerprint density at radius 3 is 2.80 bits per heavy atom. The van der Waals surface area contributed by atoms with E-state index >= 15 is 0 Å². The average molecular weight is 335 g/mol. The highest BCUT2D eigenvalue weighted by molar-refractivity contribution is 5.63. The molecule has 0 amide bonds. The van der Waals surface area contributed by atoms with Gasteiger partial charge in [0.2, 0.25) is 0 Å². The third kappa shape index (κ3) is 3.42. The van der Waals surface area contributed by atoms with Gasteiger partial charge in [-0.15, -0.1) is 5.10 Å². The SMILES string of the molecule is Fc1ccc(CNc2cnnc(N3CCCc4ccccc43)n2)cc1. The lowest BCUT2D eigenvalue weighted by molar-refractivity contribution is 0.627. The van der Waals surface area contributed by atoms with Gasteiger partial charge in [0.1, 0.15) is 5.82 Å². The van der Waals surface area contributed by atoms with E-state index < -0.39 is 0 Å². The smallest absolute Gasteiger partial charge is 0.251 e. The van der Waals surface area contributed by atoms with Crippen molar-refractivity contribution >= 4 is 17.5 Å². The van der Waals surface area contributed by atoms with Crippen LogP contribution in [0, 0.1) is 5.82 Å². The first-order chi connectivity index (χ1) is 12.3. The Morgan fingerprint density at radius 1 is 1.08 bits per heavy atom. The minimum atomic E-state index is -0.237. The Labute approximate surface area is 145 Å². The van der Waals surface area contributed by atoms with Gasteiger partial charge < -0.3 is 10.2 Å². The molecule has 3 aromatic rings. The molecule has 0 saturated carbocycles. The maximum Gasteiger partial charge on any atom is 0.251 e. The van der Waals surface area contributed by atoms with Crippen molar-refractivity contribution in [1.29, 1.82) is 0 Å². The van der Waals surface area contributed by atoms with Crippen LogP contribution in [-0.4, -0.2) is 21.7 Å². The van der Waals surface area contributed by atoms with Gasteiger partial charge in [-0.25, -0.2) is 4.39 Å². The van der Waals surface area contributed by atoms with Crippen LogP contribution in [0.4, 0.5) is 21.8 Å². The molecule has 2 aromatic carbocycles. The van der Waals surface area contributed by atoms with Crippen LogP contribution in [0.15, 0.2) is 54.7 Å². The van der Waals surface area contributed by atoms with Crippen LogP contribution in [0.2, 0.25) is 0 Å². The van der Waals surface area contributed by atoms with E-state index in [1.54, 1.807) is 18.3 Å². The van der Waals surface area contributed by atoms with Crippen LogP contribution in [0.1, 0.15) is 17.5 Å². The molecule has 0 unspecified atom stereocenters. The van der Waals surface area contributed by atoms with E-state index in [1.807, 2.05) is 6.07 Å². The number of aromatic nitrogens is 3. The molecule has 0 bridgehead atoms. The zero-order valence-electron chi connectivity index (χ0n) is 13.7. The maximum absolute atomic E-state index is 13.0. The lowest BCUT2D eigenvalue weighted by atomic mass is 10.0. The molecule has 0 saturated heterocycles. The first-order valence-corrected chi connectivity index (χ1v) is 8.33. The van der Waals surface area contributed by atoms with Crippen LogP contribution < -0.4 is 10.2 Å². The maximum atomic E-state index is 13.0. The summed E-state index contributed by atoms with van der Waals surface area (Å²) in [5.41, 5.74) is 3.43. The molecule has 6 heteroatoms. The van der Waals surface area contributed by atoms with E-state index in [0.717, 1.165) is 30.6 Å². The van der Waals surface area contributed by atoms with E-state index in [1.165, 1.54) is 17.7 Å². The van der Waals surface area contributed by atoms with Crippen LogP contribution >= 0.6 is 0 Å². The van der Waals surface area contributed by atoms with E-state index in [4.69, 9.17) is 0 Å². The molecule has 1 aromatic heterocycles. The summed E-state index contributed by atoms with van der Waals surface area (Å²) in [6.07, 6.45) is 3.74. The molecule has 1 aliphatic rings. The lowest BCUT2D eigenvalue weighted by Gasteiger charge is -2.29. The van der Waals surface area contributed by atoms with Gasteiger partial charge in [-0.1, -0.05) is 30.3 Å². The summed E-state index contributed by atoms with van der Waals surface area (Å²) in [4.78, 5) is 6.70. The van der Waals surface area contributed by atoms with Gasteiger partial charge >= 0.3 is 0 Å². The summed E-state index contributed by atoms with van der Waals surface area (Å²) in [6, 6.07) is 14.7. The van der Waals surface area contributed by atoms with E-state index in [-0.39, 0.29) is 5.82 Å². The van der Waals surface area contributed by atoms with E-state index in [2.05, 4.69) is 43.6 Å². The fourth-order valence-corrected chi connectivity index (χ4v) is 3.03. The Kier molecular flexibility index (Phi) is 4.24. The number of halogens is 1. The molecule has 126 valence electrons. The van der Waals surface area contributed by atoms with Crippen molar-refractivity contribution in [2.24, 2.45) is 0 Å². The first kappa shape index (κ1) is 15.5. The van der Waals surface area contributed by atoms with Gasteiger partial charge in [-0.2, -0.15) is 10.1 Å². The summed E-state index contributed by atoms with van der Waals surface area (Å²) < 4.78 is 13.0. The number of nitrogens with one attached hydrogen (secondary N) is 1. The molecule has 0 spiro atoms. The number of hydrogen-bond donors (Lipinski definition) is 1. The molecule has 25 heavy (non-hydrogen) atoms. The minimum absolute atomic E-state index is 0.237. The van der Waals surface area contributed by atoms with Gasteiger partial charge in [0.05, 0.1) is 6.20 Å². The molecule has 0 fully saturated rings. The summed E-state index contributed by atoms with van der Waals surface area (Å²) in [7, 11) is 0. The fourth-order valence-electron chi connectivity index (χ4n) is 3.03. The summed E-state index contributed by atoms with van der Waals surface area (Å²) in [5, 5.41) is 11.5. The highest BCUT2D eigenvalue weighted by atomic mass is 19.1. The Balaban J connectivity index is 1.53. The largest absolute Gasteiger partial charge is 0.365 e. The number of anilines is 3. The Hall–Kier alpha value is -3.02. The highest BCUT2D eigenvalue weighted by Gasteiger charge is 2.20. The highest BCUT2D eigenvalue weighted by Crippen LogP contribution is 2.31. The predicted octanol–water partition coefficient (Wildman–Crippen LogP) is 3.71. The molecular weight excluding hydrogens is 317 g/mol. The van der Waals surface area contributed by atoms with Crippen molar-refractivity contribution in [3.8, 4) is 0 Å². The Morgan fingerprint density at radius 2 is 1.92 bits per heavy atom. The van der Waals surface area contributed by atoms with Gasteiger partial charge in [0, 0.05) is 18.8 Å². The molecule has 1 N–H and O–H groups in total. The number of fused-ring (bicyclic) bond motifs is 1. The number of rotatable bonds is 4. The second-order valence-corrected chi connectivity index (χ2v) is 6.01. The quantitative estimate of drug-likeness (QED) is 0.788. The third-order valence-electron chi connectivity index (χ3n) is 4.29. The second-order valence-electron chi connectivity index (χ2n) is 6.01. The van der Waals surface area contributed by atoms with Gasteiger partial charge in [0.15, 0.2) is 5.82 Å². The molecule has 2 heterocycles. The summed E-state index contributed by atoms with van der Waals surface area (Å²) in [6.45, 7) is 1.43. The zero-order chi connectivity index (χ0) is 17.1. The number of aryl methyl sites for hydroxylation is 1. The van der Waals surface area contributed by atoms with Crippen molar-refractivity contribution < 1.29 is 4.39 Å². The standard InChI is InChI=1S/C19H18FN5/c20-16-9-7-14(8-10-16)12-21-18-13-22-24-19(23-18)25-11-3-5-15-4-1-2-6-17(15)25/h1-2,4,6-10,13H,3,5,11-12H2,(H,21,23,24). The number of hydrogen-bond acceptors (Lipinski definition) is 5. The monoisotopic (exact) mass is 335 g/mol. The van der Waals surface area contributed by atoms with Crippen LogP contribution in [0.5, 0.6) is 0 Å². The topological polar surface area (TPSA) is 53.9 Å². The van der Waals surface area contributed by atoms with Gasteiger partial charge in [-0.05, 0) is 42.2 Å². The zero-order valence-corrected chi connectivity index (χ0v) is 13.7. The predicted molar refractivity (Wildman–Crippen MR) is 95.3 cm³/mol. The first-order valence-electron chi connectivity index (χ1n) is 8.33. The van der Waals surface area contributed by atoms with Crippen LogP contribution in [0.3, 0.4) is 0 Å². The number of para-hydroxylation sites is 1. The van der Waals surface area contributed by atoms with Crippen molar-refractivity contribution in [3.05, 3.63) is 71.7 Å². The molecule has 0 atom stereocenters. The van der Waals surface area contributed by atoms with Crippen LogP contribution in [0.25, 0.3) is 0 Å². The van der Waals surface area contributed by atoms with E-state index in [9.17, 15) is 4.39 Å². The molecular formula is C19H18FN5. The lowest BCUT2D eigenvalue weighted by Crippen LogP contribution is -2.26. The van der Waals surface area contributed by atoms with Crippen molar-refractivity contribution in [2.45, 2.75) is 19.4 Å². The number of nitrogens with zero attached hydrogens (tertiary/aromatic N) is 4. The summed E-state index contributed by atoms with van der Waals surface area (Å²) >= 11 is 0. The molecule has 0 radical (unpaired) electrons. The molecule has 4 rings (SSSR count). The molecule has 5 nitrogen and oxygen atoms in total. The van der Waals surface area contributed by atoms with Crippen molar-refractivity contribution in [2.75, 3.05) is 16.8 Å². The fraction of sp³-hybridized carbons (Fsp3) is 0.211. The van der Waals surface area contributed by atoms with Crippen molar-refractivity contribution in [1.82, 2.24) is 15.2 Å². The molecule has 0 aliphatic carbocycles. The third-order valence-corrected chi connectivity index (χ3v) is 4.29. The minimum Gasteiger partial charge on any atom is -0.365 e. The Bertz CT molecular complexity index is 866. The van der Waals surface area contributed by atoms with Gasteiger partial charge in [-0.3, -0.25) is 0 Å². The normalized spacial score (nSPS) is 13.4. The van der Waals surface area contributed by atoms with E-state index in [0.29, 0.717) is 18.3 Å². The molecule has 1 aliphatic heterocycles. The summed E-state index contributed by atoms with van der Waals surface area (Å²) in [5.74, 6) is 1.01. The average Bonchev–Trinajstić information content (AvgIpc) is 2.67.